The maximum absolute atomic E-state index is 12.9. The highest BCUT2D eigenvalue weighted by atomic mass is 19.1. The Kier molecular flexibility index (Phi) is 7.45. The second-order valence-corrected chi connectivity index (χ2v) is 5.81. The zero-order chi connectivity index (χ0) is 16.5. The first-order valence-electron chi connectivity index (χ1n) is 8.13. The predicted octanol–water partition coefficient (Wildman–Crippen LogP) is 1.10. The maximum atomic E-state index is 12.9. The summed E-state index contributed by atoms with van der Waals surface area (Å²) in [4.78, 5) is 16.4. The topological polar surface area (TPSA) is 44.8 Å². The molecule has 0 aromatic heterocycles. The monoisotopic (exact) mass is 323 g/mol. The van der Waals surface area contributed by atoms with Crippen LogP contribution in [0, 0.1) is 5.82 Å². The number of hydrogen-bond acceptors (Lipinski definition) is 4. The molecular formula is C17H26FN3O2. The molecule has 2 rings (SSSR count). The van der Waals surface area contributed by atoms with Gasteiger partial charge in [-0.25, -0.2) is 4.39 Å². The maximum Gasteiger partial charge on any atom is 0.236 e. The predicted molar refractivity (Wildman–Crippen MR) is 87.6 cm³/mol. The minimum absolute atomic E-state index is 0.143. The molecule has 1 heterocycles. The SMILES string of the molecule is COCCNCC(=O)N1CCCN(Cc2ccc(F)cc2)CC1. The third-order valence-electron chi connectivity index (χ3n) is 4.02. The summed E-state index contributed by atoms with van der Waals surface area (Å²) in [7, 11) is 1.65. The van der Waals surface area contributed by atoms with Gasteiger partial charge < -0.3 is 15.0 Å². The molecule has 0 radical (unpaired) electrons. The molecular weight excluding hydrogens is 297 g/mol. The van der Waals surface area contributed by atoms with E-state index in [1.165, 1.54) is 12.1 Å². The van der Waals surface area contributed by atoms with E-state index in [9.17, 15) is 9.18 Å². The number of benzene rings is 1. The lowest BCUT2D eigenvalue weighted by Crippen LogP contribution is -2.41. The Morgan fingerprint density at radius 2 is 2.00 bits per heavy atom. The smallest absolute Gasteiger partial charge is 0.236 e. The molecule has 0 atom stereocenters. The van der Waals surface area contributed by atoms with Gasteiger partial charge in [-0.05, 0) is 24.1 Å². The van der Waals surface area contributed by atoms with E-state index >= 15 is 0 Å². The van der Waals surface area contributed by atoms with Crippen LogP contribution in [0.15, 0.2) is 24.3 Å². The largest absolute Gasteiger partial charge is 0.383 e. The second kappa shape index (κ2) is 9.60. The number of halogens is 1. The average Bonchev–Trinajstić information content (AvgIpc) is 2.79. The summed E-state index contributed by atoms with van der Waals surface area (Å²) in [6.45, 7) is 5.80. The summed E-state index contributed by atoms with van der Waals surface area (Å²) in [6.07, 6.45) is 0.963. The van der Waals surface area contributed by atoms with Crippen LogP contribution in [0.5, 0.6) is 0 Å². The summed E-state index contributed by atoms with van der Waals surface area (Å²) in [5.74, 6) is -0.0629. The molecule has 1 fully saturated rings. The minimum atomic E-state index is -0.206. The Bertz CT molecular complexity index is 481. The van der Waals surface area contributed by atoms with Crippen LogP contribution in [0.1, 0.15) is 12.0 Å². The summed E-state index contributed by atoms with van der Waals surface area (Å²) in [5.41, 5.74) is 1.10. The third kappa shape index (κ3) is 6.25. The highest BCUT2D eigenvalue weighted by Gasteiger charge is 2.18. The lowest BCUT2D eigenvalue weighted by molar-refractivity contribution is -0.130. The van der Waals surface area contributed by atoms with Gasteiger partial charge in [0.2, 0.25) is 5.91 Å². The highest BCUT2D eigenvalue weighted by molar-refractivity contribution is 5.78. The van der Waals surface area contributed by atoms with Gasteiger partial charge in [0.15, 0.2) is 0 Å². The van der Waals surface area contributed by atoms with Crippen LogP contribution in [-0.2, 0) is 16.1 Å². The van der Waals surface area contributed by atoms with E-state index in [-0.39, 0.29) is 11.7 Å². The Balaban J connectivity index is 1.75. The van der Waals surface area contributed by atoms with Gasteiger partial charge in [-0.15, -0.1) is 0 Å². The van der Waals surface area contributed by atoms with Crippen LogP contribution in [-0.4, -0.2) is 68.7 Å². The number of nitrogens with one attached hydrogen (secondary N) is 1. The van der Waals surface area contributed by atoms with Crippen LogP contribution < -0.4 is 5.32 Å². The third-order valence-corrected chi connectivity index (χ3v) is 4.02. The molecule has 1 aliphatic rings. The van der Waals surface area contributed by atoms with E-state index in [0.29, 0.717) is 19.7 Å². The van der Waals surface area contributed by atoms with Crippen molar-refractivity contribution in [1.29, 1.82) is 0 Å². The molecule has 23 heavy (non-hydrogen) atoms. The average molecular weight is 323 g/mol. The number of amides is 1. The van der Waals surface area contributed by atoms with Crippen molar-refractivity contribution in [3.63, 3.8) is 0 Å². The first kappa shape index (κ1) is 17.8. The van der Waals surface area contributed by atoms with Crippen molar-refractivity contribution in [3.05, 3.63) is 35.6 Å². The van der Waals surface area contributed by atoms with Crippen LogP contribution in [0.2, 0.25) is 0 Å². The van der Waals surface area contributed by atoms with Gasteiger partial charge in [-0.3, -0.25) is 9.69 Å². The Morgan fingerprint density at radius 1 is 1.22 bits per heavy atom. The fourth-order valence-electron chi connectivity index (χ4n) is 2.71. The molecule has 6 heteroatoms. The van der Waals surface area contributed by atoms with E-state index in [2.05, 4.69) is 10.2 Å². The zero-order valence-electron chi connectivity index (χ0n) is 13.8. The lowest BCUT2D eigenvalue weighted by atomic mass is 10.2. The Hall–Kier alpha value is -1.50. The number of rotatable bonds is 7. The van der Waals surface area contributed by atoms with Gasteiger partial charge in [-0.1, -0.05) is 12.1 Å². The summed E-state index contributed by atoms with van der Waals surface area (Å²) >= 11 is 0. The number of hydrogen-bond donors (Lipinski definition) is 1. The number of ether oxygens (including phenoxy) is 1. The molecule has 0 aliphatic carbocycles. The summed E-state index contributed by atoms with van der Waals surface area (Å²) in [6, 6.07) is 6.63. The summed E-state index contributed by atoms with van der Waals surface area (Å²) in [5, 5.41) is 3.09. The molecule has 128 valence electrons. The van der Waals surface area contributed by atoms with Crippen molar-refractivity contribution in [3.8, 4) is 0 Å². The van der Waals surface area contributed by atoms with Gasteiger partial charge in [0.25, 0.3) is 0 Å². The first-order chi connectivity index (χ1) is 11.2. The van der Waals surface area contributed by atoms with E-state index in [0.717, 1.165) is 44.7 Å². The molecule has 1 saturated heterocycles. The van der Waals surface area contributed by atoms with Crippen molar-refractivity contribution >= 4 is 5.91 Å². The Labute approximate surface area is 137 Å². The number of carbonyl (C=O) groups excluding carboxylic acids is 1. The van der Waals surface area contributed by atoms with Crippen LogP contribution in [0.3, 0.4) is 0 Å². The fourth-order valence-corrected chi connectivity index (χ4v) is 2.71. The zero-order valence-corrected chi connectivity index (χ0v) is 13.8. The van der Waals surface area contributed by atoms with Crippen LogP contribution >= 0.6 is 0 Å². The highest BCUT2D eigenvalue weighted by Crippen LogP contribution is 2.10. The van der Waals surface area contributed by atoms with Gasteiger partial charge in [0, 0.05) is 46.4 Å². The molecule has 1 aromatic rings. The van der Waals surface area contributed by atoms with Crippen molar-refractivity contribution in [2.24, 2.45) is 0 Å². The normalized spacial score (nSPS) is 16.3. The van der Waals surface area contributed by atoms with Crippen molar-refractivity contribution < 1.29 is 13.9 Å². The van der Waals surface area contributed by atoms with E-state index in [4.69, 9.17) is 4.74 Å². The van der Waals surface area contributed by atoms with Gasteiger partial charge in [0.05, 0.1) is 13.2 Å². The standard InChI is InChI=1S/C17H26FN3O2/c1-23-12-7-19-13-17(22)21-9-2-8-20(10-11-21)14-15-3-5-16(18)6-4-15/h3-6,19H,2,7-14H2,1H3. The number of methoxy groups -OCH3 is 1. The van der Waals surface area contributed by atoms with E-state index in [1.54, 1.807) is 7.11 Å². The second-order valence-electron chi connectivity index (χ2n) is 5.81. The molecule has 1 N–H and O–H groups in total. The van der Waals surface area contributed by atoms with E-state index in [1.807, 2.05) is 17.0 Å². The van der Waals surface area contributed by atoms with Crippen molar-refractivity contribution in [2.75, 3.05) is 53.0 Å². The first-order valence-corrected chi connectivity index (χ1v) is 8.13. The molecule has 0 spiro atoms. The molecule has 0 unspecified atom stereocenters. The van der Waals surface area contributed by atoms with Gasteiger partial charge >= 0.3 is 0 Å². The lowest BCUT2D eigenvalue weighted by Gasteiger charge is -2.22. The van der Waals surface area contributed by atoms with E-state index < -0.39 is 0 Å². The molecule has 5 nitrogen and oxygen atoms in total. The molecule has 0 bridgehead atoms. The van der Waals surface area contributed by atoms with Crippen LogP contribution in [0.25, 0.3) is 0 Å². The fraction of sp³-hybridized carbons (Fsp3) is 0.588. The molecule has 1 amide bonds. The van der Waals surface area contributed by atoms with Gasteiger partial charge in [0.1, 0.15) is 5.82 Å². The van der Waals surface area contributed by atoms with Crippen molar-refractivity contribution in [2.45, 2.75) is 13.0 Å². The molecule has 0 saturated carbocycles. The quantitative estimate of drug-likeness (QED) is 0.763. The summed E-state index contributed by atoms with van der Waals surface area (Å²) < 4.78 is 17.9. The molecule has 1 aliphatic heterocycles. The van der Waals surface area contributed by atoms with Crippen LogP contribution in [0.4, 0.5) is 4.39 Å². The minimum Gasteiger partial charge on any atom is -0.383 e. The number of nitrogens with zero attached hydrogens (tertiary/aromatic N) is 2. The van der Waals surface area contributed by atoms with Crippen molar-refractivity contribution in [1.82, 2.24) is 15.1 Å². The Morgan fingerprint density at radius 3 is 2.74 bits per heavy atom. The molecule has 1 aromatic carbocycles. The van der Waals surface area contributed by atoms with Gasteiger partial charge in [-0.2, -0.15) is 0 Å². The number of carbonyl (C=O) groups is 1.